The van der Waals surface area contributed by atoms with E-state index in [2.05, 4.69) is 21.4 Å². The van der Waals surface area contributed by atoms with Gasteiger partial charge in [0, 0.05) is 25.8 Å². The molecule has 2 aromatic rings. The molecule has 1 aromatic carbocycles. The van der Waals surface area contributed by atoms with Crippen molar-refractivity contribution in [1.29, 1.82) is 5.26 Å². The third-order valence-electron chi connectivity index (χ3n) is 2.86. The van der Waals surface area contributed by atoms with Crippen LogP contribution < -0.4 is 10.2 Å². The second kappa shape index (κ2) is 6.26. The van der Waals surface area contributed by atoms with Gasteiger partial charge in [-0.15, -0.1) is 0 Å². The first-order valence-corrected chi connectivity index (χ1v) is 7.25. The molecule has 20 heavy (non-hydrogen) atoms. The Labute approximate surface area is 122 Å². The Morgan fingerprint density at radius 3 is 2.50 bits per heavy atom. The molecule has 0 amide bonds. The lowest BCUT2D eigenvalue weighted by Gasteiger charge is -2.19. The van der Waals surface area contributed by atoms with Crippen LogP contribution in [0.15, 0.2) is 35.5 Å². The molecule has 1 aromatic heterocycles. The van der Waals surface area contributed by atoms with E-state index in [0.29, 0.717) is 10.7 Å². The van der Waals surface area contributed by atoms with Gasteiger partial charge < -0.3 is 10.2 Å². The van der Waals surface area contributed by atoms with Crippen molar-refractivity contribution in [3.8, 4) is 6.07 Å². The summed E-state index contributed by atoms with van der Waals surface area (Å²) in [6, 6.07) is 11.4. The Balaban J connectivity index is 2.36. The van der Waals surface area contributed by atoms with E-state index >= 15 is 0 Å². The van der Waals surface area contributed by atoms with E-state index in [4.69, 9.17) is 5.26 Å². The number of hydrogen-bond donors (Lipinski definition) is 1. The molecule has 0 radical (unpaired) electrons. The highest BCUT2D eigenvalue weighted by atomic mass is 32.2. The number of rotatable bonds is 4. The molecule has 102 valence electrons. The minimum atomic E-state index is 0.644. The second-order valence-electron chi connectivity index (χ2n) is 4.07. The summed E-state index contributed by atoms with van der Waals surface area (Å²) in [5.41, 5.74) is 1.61. The van der Waals surface area contributed by atoms with Gasteiger partial charge in [0.2, 0.25) is 0 Å². The maximum atomic E-state index is 8.83. The third kappa shape index (κ3) is 3.00. The van der Waals surface area contributed by atoms with Crippen LogP contribution in [0.1, 0.15) is 5.56 Å². The van der Waals surface area contributed by atoms with Crippen LogP contribution in [-0.4, -0.2) is 30.3 Å². The summed E-state index contributed by atoms with van der Waals surface area (Å²) >= 11 is 1.50. The van der Waals surface area contributed by atoms with Crippen LogP contribution in [0.5, 0.6) is 0 Å². The average Bonchev–Trinajstić information content (AvgIpc) is 2.53. The molecule has 0 spiro atoms. The van der Waals surface area contributed by atoms with Gasteiger partial charge in [-0.2, -0.15) is 5.26 Å². The molecule has 5 nitrogen and oxygen atoms in total. The highest BCUT2D eigenvalue weighted by Gasteiger charge is 2.09. The van der Waals surface area contributed by atoms with Crippen LogP contribution in [0.25, 0.3) is 0 Å². The Kier molecular flexibility index (Phi) is 4.43. The number of benzene rings is 1. The van der Waals surface area contributed by atoms with Crippen molar-refractivity contribution in [1.82, 2.24) is 9.97 Å². The van der Waals surface area contributed by atoms with Gasteiger partial charge in [0.25, 0.3) is 0 Å². The molecule has 6 heteroatoms. The molecule has 0 saturated carbocycles. The fraction of sp³-hybridized carbons (Fsp3) is 0.214. The summed E-state index contributed by atoms with van der Waals surface area (Å²) in [6.07, 6.45) is 1.94. The summed E-state index contributed by atoms with van der Waals surface area (Å²) in [5, 5.41) is 12.6. The highest BCUT2D eigenvalue weighted by molar-refractivity contribution is 7.98. The van der Waals surface area contributed by atoms with Crippen molar-refractivity contribution in [2.75, 3.05) is 30.6 Å². The predicted molar refractivity (Wildman–Crippen MR) is 82.6 cm³/mol. The smallest absolute Gasteiger partial charge is 0.191 e. The summed E-state index contributed by atoms with van der Waals surface area (Å²) in [5.74, 6) is 1.58. The fourth-order valence-corrected chi connectivity index (χ4v) is 2.07. The topological polar surface area (TPSA) is 64.8 Å². The zero-order valence-electron chi connectivity index (χ0n) is 11.6. The Hall–Kier alpha value is -2.26. The van der Waals surface area contributed by atoms with Crippen molar-refractivity contribution < 1.29 is 0 Å². The second-order valence-corrected chi connectivity index (χ2v) is 4.84. The number of hydrogen-bond acceptors (Lipinski definition) is 6. The summed E-state index contributed by atoms with van der Waals surface area (Å²) in [7, 11) is 3.77. The van der Waals surface area contributed by atoms with E-state index in [1.807, 2.05) is 43.5 Å². The first kappa shape index (κ1) is 14.2. The summed E-state index contributed by atoms with van der Waals surface area (Å²) in [4.78, 5) is 10.8. The van der Waals surface area contributed by atoms with E-state index < -0.39 is 0 Å². The van der Waals surface area contributed by atoms with Crippen molar-refractivity contribution in [3.63, 3.8) is 0 Å². The number of nitrogens with zero attached hydrogens (tertiary/aromatic N) is 4. The van der Waals surface area contributed by atoms with E-state index in [1.54, 1.807) is 12.1 Å². The molecule has 0 aliphatic heterocycles. The number of thioether (sulfide) groups is 1. The molecule has 0 fully saturated rings. The van der Waals surface area contributed by atoms with Crippen LogP contribution >= 0.6 is 11.8 Å². The van der Waals surface area contributed by atoms with Gasteiger partial charge in [-0.1, -0.05) is 11.8 Å². The maximum Gasteiger partial charge on any atom is 0.191 e. The van der Waals surface area contributed by atoms with Gasteiger partial charge in [0.05, 0.1) is 11.6 Å². The van der Waals surface area contributed by atoms with E-state index in [1.165, 1.54) is 11.8 Å². The molecule has 1 heterocycles. The van der Waals surface area contributed by atoms with Gasteiger partial charge in [-0.3, -0.25) is 0 Å². The zero-order chi connectivity index (χ0) is 14.5. The lowest BCUT2D eigenvalue weighted by Crippen LogP contribution is -2.12. The van der Waals surface area contributed by atoms with E-state index in [9.17, 15) is 0 Å². The third-order valence-corrected chi connectivity index (χ3v) is 3.41. The minimum Gasteiger partial charge on any atom is -0.373 e. The SMILES string of the molecule is CNc1cc(N(C)c2ccc(C#N)cc2)nc(SC)n1. The van der Waals surface area contributed by atoms with Crippen LogP contribution in [0.3, 0.4) is 0 Å². The van der Waals surface area contributed by atoms with Gasteiger partial charge >= 0.3 is 0 Å². The Morgan fingerprint density at radius 1 is 1.25 bits per heavy atom. The molecular formula is C14H15N5S. The average molecular weight is 285 g/mol. The number of nitrogens with one attached hydrogen (secondary N) is 1. The Morgan fingerprint density at radius 2 is 1.95 bits per heavy atom. The standard InChI is InChI=1S/C14H15N5S/c1-16-12-8-13(18-14(17-12)20-3)19(2)11-6-4-10(9-15)5-7-11/h4-8H,1-3H3,(H,16,17,18). The summed E-state index contributed by atoms with van der Waals surface area (Å²) in [6.45, 7) is 0. The first-order chi connectivity index (χ1) is 9.67. The number of aromatic nitrogens is 2. The van der Waals surface area contributed by atoms with E-state index in [-0.39, 0.29) is 0 Å². The predicted octanol–water partition coefficient (Wildman–Crippen LogP) is 2.88. The molecule has 2 rings (SSSR count). The van der Waals surface area contributed by atoms with Crippen LogP contribution in [-0.2, 0) is 0 Å². The van der Waals surface area contributed by atoms with Crippen molar-refractivity contribution in [2.45, 2.75) is 5.16 Å². The minimum absolute atomic E-state index is 0.644. The molecule has 0 aliphatic carbocycles. The van der Waals surface area contributed by atoms with Crippen molar-refractivity contribution >= 4 is 29.1 Å². The molecule has 0 saturated heterocycles. The Bertz CT molecular complexity index is 611. The first-order valence-electron chi connectivity index (χ1n) is 6.02. The normalized spacial score (nSPS) is 9.90. The van der Waals surface area contributed by atoms with Crippen LogP contribution in [0.2, 0.25) is 0 Å². The van der Waals surface area contributed by atoms with Gasteiger partial charge in [-0.25, -0.2) is 9.97 Å². The lowest BCUT2D eigenvalue weighted by atomic mass is 10.2. The van der Waals surface area contributed by atoms with E-state index in [0.717, 1.165) is 17.3 Å². The largest absolute Gasteiger partial charge is 0.373 e. The lowest BCUT2D eigenvalue weighted by molar-refractivity contribution is 0.948. The van der Waals surface area contributed by atoms with Crippen molar-refractivity contribution in [2.24, 2.45) is 0 Å². The quantitative estimate of drug-likeness (QED) is 0.688. The van der Waals surface area contributed by atoms with Gasteiger partial charge in [0.15, 0.2) is 5.16 Å². The maximum absolute atomic E-state index is 8.83. The number of anilines is 3. The van der Waals surface area contributed by atoms with Crippen LogP contribution in [0.4, 0.5) is 17.3 Å². The summed E-state index contributed by atoms with van der Waals surface area (Å²) < 4.78 is 0. The molecule has 0 aliphatic rings. The van der Waals surface area contributed by atoms with Gasteiger partial charge in [-0.05, 0) is 30.5 Å². The fourth-order valence-electron chi connectivity index (χ4n) is 1.70. The highest BCUT2D eigenvalue weighted by Crippen LogP contribution is 2.25. The van der Waals surface area contributed by atoms with Crippen molar-refractivity contribution in [3.05, 3.63) is 35.9 Å². The molecule has 0 bridgehead atoms. The molecular weight excluding hydrogens is 270 g/mol. The molecule has 0 atom stereocenters. The molecule has 0 unspecified atom stereocenters. The number of nitriles is 1. The molecule has 1 N–H and O–H groups in total. The van der Waals surface area contributed by atoms with Gasteiger partial charge in [0.1, 0.15) is 11.6 Å². The van der Waals surface area contributed by atoms with Crippen LogP contribution in [0, 0.1) is 11.3 Å². The zero-order valence-corrected chi connectivity index (χ0v) is 12.4. The monoisotopic (exact) mass is 285 g/mol.